The van der Waals surface area contributed by atoms with Gasteiger partial charge in [0.25, 0.3) is 0 Å². The first kappa shape index (κ1) is 28.2. The number of aromatic nitrogens is 1. The van der Waals surface area contributed by atoms with E-state index in [1.807, 2.05) is 18.2 Å². The second kappa shape index (κ2) is 12.4. The highest BCUT2D eigenvalue weighted by Gasteiger charge is 2.34. The molecule has 0 amide bonds. The molecule has 1 fully saturated rings. The number of hydrogen-bond donors (Lipinski definition) is 2. The summed E-state index contributed by atoms with van der Waals surface area (Å²) in [6, 6.07) is 12.4. The molecule has 10 heteroatoms. The third-order valence-electron chi connectivity index (χ3n) is 7.17. The Balaban J connectivity index is 1.30. The molecule has 0 spiro atoms. The first-order valence-corrected chi connectivity index (χ1v) is 13.5. The normalized spacial score (nSPS) is 19.4. The number of halogens is 3. The number of thioether (sulfide) groups is 1. The van der Waals surface area contributed by atoms with Gasteiger partial charge in [-0.2, -0.15) is 13.2 Å². The molecule has 1 aliphatic heterocycles. The first-order chi connectivity index (χ1) is 18.2. The Bertz CT molecular complexity index is 1240. The first-order valence-electron chi connectivity index (χ1n) is 12.5. The van der Waals surface area contributed by atoms with Gasteiger partial charge in [0.15, 0.2) is 0 Å². The minimum absolute atomic E-state index is 0.0522. The summed E-state index contributed by atoms with van der Waals surface area (Å²) in [4.78, 5) is 19.3. The summed E-state index contributed by atoms with van der Waals surface area (Å²) >= 11 is 1.46. The van der Waals surface area contributed by atoms with Gasteiger partial charge in [-0.05, 0) is 85.8 Å². The number of aliphatic hydroxyl groups is 1. The van der Waals surface area contributed by atoms with Crippen molar-refractivity contribution in [1.82, 2.24) is 9.88 Å². The molecule has 1 unspecified atom stereocenters. The van der Waals surface area contributed by atoms with E-state index in [2.05, 4.69) is 9.88 Å². The average Bonchev–Trinajstić information content (AvgIpc) is 2.91. The maximum Gasteiger partial charge on any atom is 0.416 e. The number of hydrogen-bond acceptors (Lipinski definition) is 6. The van der Waals surface area contributed by atoms with E-state index in [0.717, 1.165) is 40.0 Å². The van der Waals surface area contributed by atoms with Gasteiger partial charge < -0.3 is 19.8 Å². The smallest absolute Gasteiger partial charge is 0.416 e. The van der Waals surface area contributed by atoms with Gasteiger partial charge in [-0.3, -0.25) is 9.78 Å². The summed E-state index contributed by atoms with van der Waals surface area (Å²) in [5.41, 5.74) is 0.835. The molecule has 0 aliphatic carbocycles. The molecule has 1 saturated heterocycles. The van der Waals surface area contributed by atoms with Crippen molar-refractivity contribution in [3.8, 4) is 5.75 Å². The summed E-state index contributed by atoms with van der Waals surface area (Å²) < 4.78 is 43.5. The van der Waals surface area contributed by atoms with Gasteiger partial charge in [0, 0.05) is 35.3 Å². The van der Waals surface area contributed by atoms with Gasteiger partial charge >= 0.3 is 12.1 Å². The average molecular weight is 549 g/mol. The van der Waals surface area contributed by atoms with Crippen LogP contribution >= 0.6 is 11.8 Å². The topological polar surface area (TPSA) is 82.9 Å². The highest BCUT2D eigenvalue weighted by atomic mass is 32.2. The van der Waals surface area contributed by atoms with E-state index in [1.54, 1.807) is 19.4 Å². The Morgan fingerprint density at radius 3 is 2.66 bits per heavy atom. The number of alkyl halides is 3. The fraction of sp³-hybridized carbons (Fsp3) is 0.429. The van der Waals surface area contributed by atoms with E-state index < -0.39 is 29.7 Å². The van der Waals surface area contributed by atoms with Crippen LogP contribution in [0.3, 0.4) is 0 Å². The summed E-state index contributed by atoms with van der Waals surface area (Å²) in [6.45, 7) is 1.81. The number of carboxylic acids is 1. The second-order valence-corrected chi connectivity index (χ2v) is 10.7. The number of methoxy groups -OCH3 is 1. The molecule has 0 saturated carbocycles. The van der Waals surface area contributed by atoms with Crippen molar-refractivity contribution < 1.29 is 32.9 Å². The van der Waals surface area contributed by atoms with Crippen molar-refractivity contribution in [3.05, 3.63) is 65.9 Å². The largest absolute Gasteiger partial charge is 0.497 e. The minimum Gasteiger partial charge on any atom is -0.497 e. The number of carboxylic acid groups (broad SMARTS) is 1. The molecule has 0 bridgehead atoms. The maximum atomic E-state index is 12.7. The molecular weight excluding hydrogens is 517 g/mol. The molecule has 2 aromatic carbocycles. The fourth-order valence-electron chi connectivity index (χ4n) is 5.02. The zero-order chi connectivity index (χ0) is 27.3. The van der Waals surface area contributed by atoms with Gasteiger partial charge in [0.1, 0.15) is 5.75 Å². The van der Waals surface area contributed by atoms with Gasteiger partial charge in [0.2, 0.25) is 0 Å². The maximum absolute atomic E-state index is 12.7. The highest BCUT2D eigenvalue weighted by molar-refractivity contribution is 7.99. The number of rotatable bonds is 10. The molecule has 3 aromatic rings. The summed E-state index contributed by atoms with van der Waals surface area (Å²) in [5.74, 6) is -0.109. The zero-order valence-corrected chi connectivity index (χ0v) is 21.8. The van der Waals surface area contributed by atoms with E-state index in [-0.39, 0.29) is 5.92 Å². The molecule has 204 valence electrons. The molecule has 38 heavy (non-hydrogen) atoms. The lowest BCUT2D eigenvalue weighted by Crippen LogP contribution is -2.44. The van der Waals surface area contributed by atoms with Gasteiger partial charge in [-0.1, -0.05) is 0 Å². The van der Waals surface area contributed by atoms with Crippen molar-refractivity contribution in [3.63, 3.8) is 0 Å². The van der Waals surface area contributed by atoms with E-state index in [1.165, 1.54) is 23.9 Å². The lowest BCUT2D eigenvalue weighted by atomic mass is 9.81. The zero-order valence-electron chi connectivity index (χ0n) is 21.0. The standard InChI is InChI=1S/C28H31F3N2O4S/c1-37-20-5-8-25-23(16-20)22(10-12-32-25)26(34)9-2-18-11-13-33(17-24(18)27(35)36)14-15-38-21-6-3-19(4-7-21)28(29,30)31/h3-8,10,12,16,18,24,26,34H,2,9,11,13-15,17H2,1H3,(H,35,36)/t18-,24+,26?/m1/s1. The number of fused-ring (bicyclic) bond motifs is 1. The number of likely N-dealkylation sites (tertiary alicyclic amines) is 1. The summed E-state index contributed by atoms with van der Waals surface area (Å²) in [7, 11) is 1.58. The molecule has 1 aliphatic rings. The molecule has 6 nitrogen and oxygen atoms in total. The van der Waals surface area contributed by atoms with Crippen LogP contribution in [-0.2, 0) is 11.0 Å². The van der Waals surface area contributed by atoms with E-state index in [4.69, 9.17) is 4.74 Å². The molecule has 2 heterocycles. The van der Waals surface area contributed by atoms with Crippen LogP contribution < -0.4 is 4.74 Å². The molecule has 1 aromatic heterocycles. The molecule has 3 atom stereocenters. The second-order valence-electron chi connectivity index (χ2n) is 9.54. The molecule has 2 N–H and O–H groups in total. The number of pyridine rings is 1. The predicted octanol–water partition coefficient (Wildman–Crippen LogP) is 5.89. The number of aliphatic carboxylic acids is 1. The Hall–Kier alpha value is -2.82. The SMILES string of the molecule is COc1ccc2nccc(C(O)CC[C@@H]3CCN(CCSc4ccc(C(F)(F)F)cc4)C[C@@H]3C(=O)O)c2c1. The number of piperidine rings is 1. The fourth-order valence-corrected chi connectivity index (χ4v) is 5.93. The van der Waals surface area contributed by atoms with Crippen molar-refractivity contribution >= 4 is 28.6 Å². The quantitative estimate of drug-likeness (QED) is 0.306. The Morgan fingerprint density at radius 1 is 1.21 bits per heavy atom. The predicted molar refractivity (Wildman–Crippen MR) is 140 cm³/mol. The number of carbonyl (C=O) groups is 1. The minimum atomic E-state index is -4.35. The van der Waals surface area contributed by atoms with Crippen LogP contribution in [0.5, 0.6) is 5.75 Å². The number of benzene rings is 2. The Morgan fingerprint density at radius 2 is 1.97 bits per heavy atom. The monoisotopic (exact) mass is 548 g/mol. The Kier molecular flexibility index (Phi) is 9.17. The van der Waals surface area contributed by atoms with Crippen LogP contribution in [0.2, 0.25) is 0 Å². The third kappa shape index (κ3) is 6.98. The van der Waals surface area contributed by atoms with Crippen molar-refractivity contribution in [2.24, 2.45) is 11.8 Å². The van der Waals surface area contributed by atoms with Gasteiger partial charge in [0.05, 0.1) is 30.2 Å². The van der Waals surface area contributed by atoms with Crippen molar-refractivity contribution in [1.29, 1.82) is 0 Å². The van der Waals surface area contributed by atoms with Crippen LogP contribution in [0.15, 0.2) is 59.6 Å². The van der Waals surface area contributed by atoms with Gasteiger partial charge in [-0.15, -0.1) is 11.8 Å². The molecule has 4 rings (SSSR count). The summed E-state index contributed by atoms with van der Waals surface area (Å²) in [5, 5.41) is 21.7. The van der Waals surface area contributed by atoms with Crippen molar-refractivity contribution in [2.45, 2.75) is 36.4 Å². The molecule has 0 radical (unpaired) electrons. The lowest BCUT2D eigenvalue weighted by Gasteiger charge is -2.37. The number of nitrogens with zero attached hydrogens (tertiary/aromatic N) is 2. The van der Waals surface area contributed by atoms with Gasteiger partial charge in [-0.25, -0.2) is 0 Å². The van der Waals surface area contributed by atoms with Crippen LogP contribution in [0.25, 0.3) is 10.9 Å². The lowest BCUT2D eigenvalue weighted by molar-refractivity contribution is -0.146. The van der Waals surface area contributed by atoms with Crippen LogP contribution in [0, 0.1) is 11.8 Å². The highest BCUT2D eigenvalue weighted by Crippen LogP contribution is 2.34. The van der Waals surface area contributed by atoms with E-state index in [0.29, 0.717) is 43.9 Å². The van der Waals surface area contributed by atoms with Crippen molar-refractivity contribution in [2.75, 3.05) is 32.5 Å². The Labute approximate surface area is 223 Å². The van der Waals surface area contributed by atoms with Crippen LogP contribution in [0.4, 0.5) is 13.2 Å². The van der Waals surface area contributed by atoms with E-state index >= 15 is 0 Å². The molecular formula is C28H31F3N2O4S. The van der Waals surface area contributed by atoms with E-state index in [9.17, 15) is 28.2 Å². The number of aliphatic hydroxyl groups excluding tert-OH is 1. The number of ether oxygens (including phenoxy) is 1. The summed E-state index contributed by atoms with van der Waals surface area (Å²) in [6.07, 6.45) is -1.71. The third-order valence-corrected chi connectivity index (χ3v) is 8.16. The van der Waals surface area contributed by atoms with Crippen LogP contribution in [-0.4, -0.2) is 58.6 Å². The van der Waals surface area contributed by atoms with Crippen LogP contribution in [0.1, 0.15) is 36.5 Å².